The van der Waals surface area contributed by atoms with Crippen molar-refractivity contribution in [2.24, 2.45) is 10.9 Å². The van der Waals surface area contributed by atoms with E-state index in [2.05, 4.69) is 41.7 Å². The molecule has 1 aromatic carbocycles. The van der Waals surface area contributed by atoms with Gasteiger partial charge in [0.2, 0.25) is 5.91 Å². The SMILES string of the molecule is CN=C(NCc1cccc(NC(=O)C2CCC2)c1)NC(C)(C)C. The molecular weight excluding hydrogens is 288 g/mol. The standard InChI is InChI=1S/C18H28N4O/c1-18(2,3)22-17(19-4)20-12-13-7-5-10-15(11-13)21-16(23)14-8-6-9-14/h5,7,10-11,14H,6,8-9,12H2,1-4H3,(H,21,23)(H2,19,20,22). The Morgan fingerprint density at radius 3 is 2.61 bits per heavy atom. The minimum absolute atomic E-state index is 0.0412. The summed E-state index contributed by atoms with van der Waals surface area (Å²) in [6.45, 7) is 6.94. The number of aliphatic imine (C=N–C) groups is 1. The van der Waals surface area contributed by atoms with Crippen LogP contribution in [0.3, 0.4) is 0 Å². The second-order valence-corrected chi connectivity index (χ2v) is 7.12. The zero-order valence-electron chi connectivity index (χ0n) is 14.6. The van der Waals surface area contributed by atoms with Crippen LogP contribution in [0.15, 0.2) is 29.3 Å². The maximum atomic E-state index is 12.0. The third-order valence-electron chi connectivity index (χ3n) is 3.85. The number of hydrogen-bond donors (Lipinski definition) is 3. The third-order valence-corrected chi connectivity index (χ3v) is 3.85. The van der Waals surface area contributed by atoms with Crippen LogP contribution in [0.2, 0.25) is 0 Å². The van der Waals surface area contributed by atoms with Gasteiger partial charge >= 0.3 is 0 Å². The quantitative estimate of drug-likeness (QED) is 0.591. The Morgan fingerprint density at radius 1 is 1.30 bits per heavy atom. The average Bonchev–Trinajstić information content (AvgIpc) is 2.40. The molecule has 3 N–H and O–H groups in total. The van der Waals surface area contributed by atoms with Crippen molar-refractivity contribution < 1.29 is 4.79 Å². The molecule has 0 aromatic heterocycles. The van der Waals surface area contributed by atoms with Crippen LogP contribution in [0.25, 0.3) is 0 Å². The van der Waals surface area contributed by atoms with Gasteiger partial charge in [0.05, 0.1) is 0 Å². The van der Waals surface area contributed by atoms with Crippen LogP contribution in [0.4, 0.5) is 5.69 Å². The number of benzene rings is 1. The summed E-state index contributed by atoms with van der Waals surface area (Å²) in [5.41, 5.74) is 1.92. The highest BCUT2D eigenvalue weighted by atomic mass is 16.1. The molecule has 5 nitrogen and oxygen atoms in total. The molecule has 1 aliphatic carbocycles. The van der Waals surface area contributed by atoms with Crippen LogP contribution in [-0.4, -0.2) is 24.5 Å². The fourth-order valence-corrected chi connectivity index (χ4v) is 2.39. The van der Waals surface area contributed by atoms with Gasteiger partial charge in [-0.2, -0.15) is 0 Å². The molecule has 0 unspecified atom stereocenters. The summed E-state index contributed by atoms with van der Waals surface area (Å²) >= 11 is 0. The average molecular weight is 316 g/mol. The van der Waals surface area contributed by atoms with Gasteiger partial charge in [0.15, 0.2) is 5.96 Å². The summed E-state index contributed by atoms with van der Waals surface area (Å²) in [6.07, 6.45) is 3.20. The molecule has 2 rings (SSSR count). The van der Waals surface area contributed by atoms with Gasteiger partial charge in [-0.15, -0.1) is 0 Å². The zero-order chi connectivity index (χ0) is 16.9. The lowest BCUT2D eigenvalue weighted by Gasteiger charge is -2.24. The molecule has 0 aliphatic heterocycles. The van der Waals surface area contributed by atoms with Crippen LogP contribution in [0.5, 0.6) is 0 Å². The Balaban J connectivity index is 1.90. The number of guanidine groups is 1. The van der Waals surface area contributed by atoms with E-state index in [-0.39, 0.29) is 17.4 Å². The molecule has 126 valence electrons. The summed E-state index contributed by atoms with van der Waals surface area (Å²) in [5, 5.41) is 9.63. The molecule has 0 atom stereocenters. The molecular formula is C18H28N4O. The predicted molar refractivity (Wildman–Crippen MR) is 95.5 cm³/mol. The number of nitrogens with one attached hydrogen (secondary N) is 3. The van der Waals surface area contributed by atoms with Gasteiger partial charge in [-0.05, 0) is 51.3 Å². The minimum Gasteiger partial charge on any atom is -0.352 e. The molecule has 0 bridgehead atoms. The Hall–Kier alpha value is -2.04. The summed E-state index contributed by atoms with van der Waals surface area (Å²) in [4.78, 5) is 16.2. The molecule has 0 spiro atoms. The Morgan fingerprint density at radius 2 is 2.04 bits per heavy atom. The van der Waals surface area contributed by atoms with E-state index in [0.717, 1.165) is 30.1 Å². The first-order chi connectivity index (χ1) is 10.9. The van der Waals surface area contributed by atoms with Crippen molar-refractivity contribution in [3.05, 3.63) is 29.8 Å². The number of anilines is 1. The van der Waals surface area contributed by atoms with Gasteiger partial charge in [-0.25, -0.2) is 0 Å². The summed E-state index contributed by atoms with van der Waals surface area (Å²) in [6, 6.07) is 7.94. The maximum absolute atomic E-state index is 12.0. The highest BCUT2D eigenvalue weighted by Crippen LogP contribution is 2.27. The number of nitrogens with zero attached hydrogens (tertiary/aromatic N) is 1. The second-order valence-electron chi connectivity index (χ2n) is 7.12. The van der Waals surface area contributed by atoms with Gasteiger partial charge in [0, 0.05) is 30.7 Å². The van der Waals surface area contributed by atoms with E-state index >= 15 is 0 Å². The molecule has 1 aromatic rings. The minimum atomic E-state index is -0.0412. The number of hydrogen-bond acceptors (Lipinski definition) is 2. The first kappa shape index (κ1) is 17.3. The van der Waals surface area contributed by atoms with Crippen LogP contribution >= 0.6 is 0 Å². The predicted octanol–water partition coefficient (Wildman–Crippen LogP) is 2.89. The van der Waals surface area contributed by atoms with Gasteiger partial charge in [0.25, 0.3) is 0 Å². The van der Waals surface area contributed by atoms with Crippen molar-refractivity contribution in [1.82, 2.24) is 10.6 Å². The zero-order valence-corrected chi connectivity index (χ0v) is 14.6. The number of amides is 1. The topological polar surface area (TPSA) is 65.5 Å². The second kappa shape index (κ2) is 7.49. The van der Waals surface area contributed by atoms with Crippen molar-refractivity contribution in [2.75, 3.05) is 12.4 Å². The molecule has 23 heavy (non-hydrogen) atoms. The van der Waals surface area contributed by atoms with E-state index in [1.807, 2.05) is 24.3 Å². The lowest BCUT2D eigenvalue weighted by atomic mass is 9.85. The Bertz CT molecular complexity index is 571. The van der Waals surface area contributed by atoms with Crippen molar-refractivity contribution in [1.29, 1.82) is 0 Å². The summed E-state index contributed by atoms with van der Waals surface area (Å²) in [7, 11) is 1.76. The number of carbonyl (C=O) groups is 1. The highest BCUT2D eigenvalue weighted by molar-refractivity contribution is 5.93. The van der Waals surface area contributed by atoms with E-state index in [0.29, 0.717) is 6.54 Å². The summed E-state index contributed by atoms with van der Waals surface area (Å²) in [5.74, 6) is 1.11. The maximum Gasteiger partial charge on any atom is 0.227 e. The van der Waals surface area contributed by atoms with Crippen LogP contribution in [-0.2, 0) is 11.3 Å². The largest absolute Gasteiger partial charge is 0.352 e. The van der Waals surface area contributed by atoms with Crippen molar-refractivity contribution in [3.63, 3.8) is 0 Å². The van der Waals surface area contributed by atoms with Crippen LogP contribution in [0, 0.1) is 5.92 Å². The van der Waals surface area contributed by atoms with Crippen molar-refractivity contribution in [3.8, 4) is 0 Å². The lowest BCUT2D eigenvalue weighted by Crippen LogP contribution is -2.47. The van der Waals surface area contributed by atoms with Crippen LogP contribution in [0.1, 0.15) is 45.6 Å². The van der Waals surface area contributed by atoms with Crippen molar-refractivity contribution >= 4 is 17.6 Å². The first-order valence-electron chi connectivity index (χ1n) is 8.26. The molecule has 0 radical (unpaired) electrons. The smallest absolute Gasteiger partial charge is 0.227 e. The molecule has 1 aliphatic rings. The molecule has 0 saturated heterocycles. The van der Waals surface area contributed by atoms with Crippen LogP contribution < -0.4 is 16.0 Å². The van der Waals surface area contributed by atoms with Gasteiger partial charge in [-0.3, -0.25) is 9.79 Å². The fraction of sp³-hybridized carbons (Fsp3) is 0.556. The Labute approximate surface area is 139 Å². The Kier molecular flexibility index (Phi) is 5.64. The number of carbonyl (C=O) groups excluding carboxylic acids is 1. The molecule has 1 saturated carbocycles. The van der Waals surface area contributed by atoms with Gasteiger partial charge in [-0.1, -0.05) is 18.6 Å². The molecule has 0 heterocycles. The van der Waals surface area contributed by atoms with E-state index < -0.39 is 0 Å². The van der Waals surface area contributed by atoms with E-state index in [9.17, 15) is 4.79 Å². The molecule has 1 fully saturated rings. The van der Waals surface area contributed by atoms with E-state index in [1.54, 1.807) is 7.05 Å². The first-order valence-corrected chi connectivity index (χ1v) is 8.26. The fourth-order valence-electron chi connectivity index (χ4n) is 2.39. The molecule has 5 heteroatoms. The highest BCUT2D eigenvalue weighted by Gasteiger charge is 2.25. The normalized spacial score (nSPS) is 15.7. The van der Waals surface area contributed by atoms with Gasteiger partial charge < -0.3 is 16.0 Å². The van der Waals surface area contributed by atoms with Gasteiger partial charge in [0.1, 0.15) is 0 Å². The van der Waals surface area contributed by atoms with Crippen molar-refractivity contribution in [2.45, 2.75) is 52.1 Å². The lowest BCUT2D eigenvalue weighted by molar-refractivity contribution is -0.122. The monoisotopic (exact) mass is 316 g/mol. The van der Waals surface area contributed by atoms with E-state index in [1.165, 1.54) is 6.42 Å². The molecule has 1 amide bonds. The third kappa shape index (κ3) is 5.58. The van der Waals surface area contributed by atoms with E-state index in [4.69, 9.17) is 0 Å². The summed E-state index contributed by atoms with van der Waals surface area (Å²) < 4.78 is 0. The number of rotatable bonds is 4.